The van der Waals surface area contributed by atoms with Gasteiger partial charge in [-0.05, 0) is 52.5 Å². The van der Waals surface area contributed by atoms with E-state index in [2.05, 4.69) is 34.7 Å². The Morgan fingerprint density at radius 2 is 2.00 bits per heavy atom. The van der Waals surface area contributed by atoms with Crippen molar-refractivity contribution in [1.29, 1.82) is 0 Å². The van der Waals surface area contributed by atoms with Gasteiger partial charge in [0.05, 0.1) is 0 Å². The molecule has 0 spiro atoms. The summed E-state index contributed by atoms with van der Waals surface area (Å²) < 4.78 is 6.43. The predicted octanol–water partition coefficient (Wildman–Crippen LogP) is 3.16. The Kier molecular flexibility index (Phi) is 3.94. The molecule has 0 aromatic heterocycles. The van der Waals surface area contributed by atoms with Crippen LogP contribution in [0.1, 0.15) is 12.5 Å². The first kappa shape index (κ1) is 9.92. The topological polar surface area (TPSA) is 9.23 Å². The molecule has 0 radical (unpaired) electrons. The second-order valence-electron chi connectivity index (χ2n) is 2.41. The van der Waals surface area contributed by atoms with Crippen molar-refractivity contribution in [1.82, 2.24) is 0 Å². The molecule has 64 valence electrons. The van der Waals surface area contributed by atoms with Crippen molar-refractivity contribution in [2.75, 3.05) is 0 Å². The van der Waals surface area contributed by atoms with Crippen LogP contribution in [0.4, 0.5) is 0 Å². The largest absolute Gasteiger partial charge is 0.483 e. The van der Waals surface area contributed by atoms with Gasteiger partial charge in [-0.25, -0.2) is 0 Å². The number of hydrogen-bond donors (Lipinski definition) is 0. The van der Waals surface area contributed by atoms with Gasteiger partial charge in [-0.15, -0.1) is 0 Å². The van der Waals surface area contributed by atoms with E-state index in [1.54, 1.807) is 6.92 Å². The first-order valence-electron chi connectivity index (χ1n) is 3.56. The Hall–Kier alpha value is -0.160. The van der Waals surface area contributed by atoms with Crippen LogP contribution in [-0.2, 0) is 11.3 Å². The van der Waals surface area contributed by atoms with Gasteiger partial charge in [0.1, 0.15) is 6.61 Å². The third kappa shape index (κ3) is 3.49. The van der Waals surface area contributed by atoms with Crippen LogP contribution in [0.15, 0.2) is 24.3 Å². The van der Waals surface area contributed by atoms with Crippen LogP contribution in [0, 0.1) is 3.57 Å². The van der Waals surface area contributed by atoms with Crippen molar-refractivity contribution >= 4 is 39.9 Å². The van der Waals surface area contributed by atoms with E-state index in [1.165, 1.54) is 3.57 Å². The maximum absolute atomic E-state index is 5.20. The molecule has 1 rings (SSSR count). The maximum Gasteiger partial charge on any atom is 0.157 e. The Labute approximate surface area is 91.3 Å². The lowest BCUT2D eigenvalue weighted by Gasteiger charge is -2.02. The van der Waals surface area contributed by atoms with Gasteiger partial charge in [0.15, 0.2) is 5.05 Å². The highest BCUT2D eigenvalue weighted by Crippen LogP contribution is 2.07. The lowest BCUT2D eigenvalue weighted by molar-refractivity contribution is 0.298. The third-order valence-electron chi connectivity index (χ3n) is 1.36. The summed E-state index contributed by atoms with van der Waals surface area (Å²) in [5.41, 5.74) is 1.15. The quantitative estimate of drug-likeness (QED) is 0.611. The molecule has 12 heavy (non-hydrogen) atoms. The molecule has 0 N–H and O–H groups in total. The summed E-state index contributed by atoms with van der Waals surface area (Å²) in [6, 6.07) is 8.19. The Balaban J connectivity index is 2.53. The third-order valence-corrected chi connectivity index (χ3v) is 2.19. The molecule has 0 heterocycles. The molecule has 0 saturated carbocycles. The molecule has 0 fully saturated rings. The van der Waals surface area contributed by atoms with Gasteiger partial charge in [0, 0.05) is 10.5 Å². The summed E-state index contributed by atoms with van der Waals surface area (Å²) in [5, 5.41) is 0.591. The number of halogens is 1. The number of thiocarbonyl (C=S) groups is 1. The zero-order valence-electron chi connectivity index (χ0n) is 6.71. The zero-order valence-corrected chi connectivity index (χ0v) is 9.68. The van der Waals surface area contributed by atoms with Gasteiger partial charge in [-0.2, -0.15) is 0 Å². The minimum absolute atomic E-state index is 0.576. The van der Waals surface area contributed by atoms with Gasteiger partial charge in [0.2, 0.25) is 0 Å². The summed E-state index contributed by atoms with van der Waals surface area (Å²) >= 11 is 7.07. The first-order valence-corrected chi connectivity index (χ1v) is 5.05. The Morgan fingerprint density at radius 3 is 2.50 bits per heavy atom. The summed E-state index contributed by atoms with van der Waals surface area (Å²) in [7, 11) is 0. The molecule has 1 nitrogen and oxygen atoms in total. The number of ether oxygens (including phenoxy) is 1. The van der Waals surface area contributed by atoms with E-state index in [-0.39, 0.29) is 0 Å². The monoisotopic (exact) mass is 292 g/mol. The molecular formula is C9H9IOS. The highest BCUT2D eigenvalue weighted by molar-refractivity contribution is 14.1. The molecule has 0 unspecified atom stereocenters. The molecule has 3 heteroatoms. The fourth-order valence-electron chi connectivity index (χ4n) is 0.766. The minimum atomic E-state index is 0.576. The van der Waals surface area contributed by atoms with E-state index in [0.29, 0.717) is 11.7 Å². The SMILES string of the molecule is CC(=S)OCc1ccc(I)cc1. The zero-order chi connectivity index (χ0) is 8.97. The molecule has 1 aromatic carbocycles. The van der Waals surface area contributed by atoms with Crippen molar-refractivity contribution in [3.8, 4) is 0 Å². The second-order valence-corrected chi connectivity index (χ2v) is 4.23. The van der Waals surface area contributed by atoms with Gasteiger partial charge in [-0.1, -0.05) is 12.1 Å². The fraction of sp³-hybridized carbons (Fsp3) is 0.222. The molecule has 1 aromatic rings. The standard InChI is InChI=1S/C9H9IOS/c1-7(12)11-6-8-2-4-9(10)5-3-8/h2-5H,6H2,1H3. The minimum Gasteiger partial charge on any atom is -0.483 e. The van der Waals surface area contributed by atoms with E-state index >= 15 is 0 Å². The van der Waals surface area contributed by atoms with Crippen LogP contribution in [0.2, 0.25) is 0 Å². The lowest BCUT2D eigenvalue weighted by atomic mass is 10.2. The summed E-state index contributed by atoms with van der Waals surface area (Å²) in [5.74, 6) is 0. The summed E-state index contributed by atoms with van der Waals surface area (Å²) in [6.45, 7) is 2.36. The molecule has 0 aliphatic rings. The average Bonchev–Trinajstić information content (AvgIpc) is 2.03. The first-order chi connectivity index (χ1) is 5.68. The van der Waals surface area contributed by atoms with Crippen LogP contribution in [0.3, 0.4) is 0 Å². The summed E-state index contributed by atoms with van der Waals surface area (Å²) in [4.78, 5) is 0. The van der Waals surface area contributed by atoms with Crippen LogP contribution in [0.25, 0.3) is 0 Å². The average molecular weight is 292 g/mol. The van der Waals surface area contributed by atoms with Crippen molar-refractivity contribution < 1.29 is 4.74 Å². The molecule has 0 aliphatic heterocycles. The molecule has 0 saturated heterocycles. The van der Waals surface area contributed by atoms with E-state index in [9.17, 15) is 0 Å². The van der Waals surface area contributed by atoms with Gasteiger partial charge >= 0.3 is 0 Å². The molecule has 0 atom stereocenters. The Bertz CT molecular complexity index is 268. The second kappa shape index (κ2) is 4.77. The maximum atomic E-state index is 5.20. The normalized spacial score (nSPS) is 9.50. The number of benzene rings is 1. The number of rotatable bonds is 2. The van der Waals surface area contributed by atoms with Gasteiger partial charge in [-0.3, -0.25) is 0 Å². The smallest absolute Gasteiger partial charge is 0.157 e. The van der Waals surface area contributed by atoms with Crippen molar-refractivity contribution in [2.45, 2.75) is 13.5 Å². The van der Waals surface area contributed by atoms with Crippen LogP contribution in [0.5, 0.6) is 0 Å². The van der Waals surface area contributed by atoms with E-state index in [0.717, 1.165) is 5.56 Å². The van der Waals surface area contributed by atoms with E-state index in [4.69, 9.17) is 17.0 Å². The van der Waals surface area contributed by atoms with E-state index in [1.807, 2.05) is 12.1 Å². The molecule has 0 amide bonds. The van der Waals surface area contributed by atoms with Crippen LogP contribution >= 0.6 is 34.8 Å². The summed E-state index contributed by atoms with van der Waals surface area (Å²) in [6.07, 6.45) is 0. The van der Waals surface area contributed by atoms with Crippen molar-refractivity contribution in [3.05, 3.63) is 33.4 Å². The van der Waals surface area contributed by atoms with Crippen molar-refractivity contribution in [3.63, 3.8) is 0 Å². The highest BCUT2D eigenvalue weighted by atomic mass is 127. The Morgan fingerprint density at radius 1 is 1.42 bits per heavy atom. The van der Waals surface area contributed by atoms with Crippen molar-refractivity contribution in [2.24, 2.45) is 0 Å². The lowest BCUT2D eigenvalue weighted by Crippen LogP contribution is -1.96. The van der Waals surface area contributed by atoms with E-state index < -0.39 is 0 Å². The van der Waals surface area contributed by atoms with Crippen LogP contribution < -0.4 is 0 Å². The number of hydrogen-bond acceptors (Lipinski definition) is 2. The fourth-order valence-corrected chi connectivity index (χ4v) is 1.18. The van der Waals surface area contributed by atoms with Gasteiger partial charge in [0.25, 0.3) is 0 Å². The van der Waals surface area contributed by atoms with Gasteiger partial charge < -0.3 is 4.74 Å². The molecule has 0 bridgehead atoms. The predicted molar refractivity (Wildman–Crippen MR) is 62.2 cm³/mol. The highest BCUT2D eigenvalue weighted by Gasteiger charge is 1.93. The molecular weight excluding hydrogens is 283 g/mol. The van der Waals surface area contributed by atoms with Crippen LogP contribution in [-0.4, -0.2) is 5.05 Å². The molecule has 0 aliphatic carbocycles.